The first-order valence-electron chi connectivity index (χ1n) is 10.7. The fourth-order valence-electron chi connectivity index (χ4n) is 3.79. The minimum absolute atomic E-state index is 0.0380. The second-order valence-corrected chi connectivity index (χ2v) is 10.5. The number of ether oxygens (including phenoxy) is 2. The van der Waals surface area contributed by atoms with Gasteiger partial charge in [0.2, 0.25) is 10.0 Å². The summed E-state index contributed by atoms with van der Waals surface area (Å²) in [6, 6.07) is 20.1. The van der Waals surface area contributed by atoms with Crippen LogP contribution >= 0.6 is 23.2 Å². The van der Waals surface area contributed by atoms with Gasteiger partial charge in [0.1, 0.15) is 15.7 Å². The number of hydrogen-bond donors (Lipinski definition) is 0. The number of halogens is 2. The lowest BCUT2D eigenvalue weighted by molar-refractivity contribution is -0.150. The maximum absolute atomic E-state index is 13.9. The van der Waals surface area contributed by atoms with E-state index in [0.29, 0.717) is 5.56 Å². The van der Waals surface area contributed by atoms with Crippen LogP contribution in [0.1, 0.15) is 23.6 Å². The van der Waals surface area contributed by atoms with E-state index in [1.54, 1.807) is 6.92 Å². The van der Waals surface area contributed by atoms with Crippen LogP contribution in [0, 0.1) is 0 Å². The summed E-state index contributed by atoms with van der Waals surface area (Å²) in [7, 11) is -4.07. The zero-order valence-electron chi connectivity index (χ0n) is 18.4. The molecule has 0 amide bonds. The first kappa shape index (κ1) is 24.5. The number of esters is 1. The van der Waals surface area contributed by atoms with Crippen LogP contribution < -0.4 is 4.74 Å². The van der Waals surface area contributed by atoms with E-state index >= 15 is 0 Å². The molecule has 0 saturated carbocycles. The predicted octanol–water partition coefficient (Wildman–Crippen LogP) is 5.25. The Morgan fingerprint density at radius 2 is 1.56 bits per heavy atom. The first-order valence-corrected chi connectivity index (χ1v) is 12.9. The van der Waals surface area contributed by atoms with Crippen LogP contribution in [-0.2, 0) is 39.1 Å². The van der Waals surface area contributed by atoms with E-state index in [2.05, 4.69) is 0 Å². The van der Waals surface area contributed by atoms with E-state index in [1.807, 2.05) is 60.7 Å². The lowest BCUT2D eigenvalue weighted by Gasteiger charge is -2.24. The van der Waals surface area contributed by atoms with Crippen molar-refractivity contribution in [1.29, 1.82) is 0 Å². The largest absolute Gasteiger partial charge is 0.476 e. The van der Waals surface area contributed by atoms with Crippen molar-refractivity contribution in [2.45, 2.75) is 37.4 Å². The van der Waals surface area contributed by atoms with Gasteiger partial charge < -0.3 is 9.47 Å². The van der Waals surface area contributed by atoms with Crippen LogP contribution in [0.5, 0.6) is 5.75 Å². The smallest absolute Gasteiger partial charge is 0.347 e. The predicted molar refractivity (Wildman–Crippen MR) is 131 cm³/mol. The maximum Gasteiger partial charge on any atom is 0.347 e. The molecule has 1 atom stereocenters. The standard InChI is InChI=1S/C25H23Cl2NO5S/c1-2-32-25(29)20-13-19-14-21(22(26)23(27)24(19)33-20)34(30,31)28(15-17-9-5-3-6-10-17)16-18-11-7-4-8-12-18/h3-12,14,20H,2,13,15-16H2,1H3. The van der Waals surface area contributed by atoms with Crippen molar-refractivity contribution < 1.29 is 22.7 Å². The van der Waals surface area contributed by atoms with Crippen LogP contribution in [0.3, 0.4) is 0 Å². The highest BCUT2D eigenvalue weighted by atomic mass is 35.5. The van der Waals surface area contributed by atoms with Gasteiger partial charge in [0.05, 0.1) is 11.6 Å². The number of hydrogen-bond acceptors (Lipinski definition) is 5. The Bertz CT molecular complexity index is 1240. The molecule has 9 heteroatoms. The Kier molecular flexibility index (Phi) is 7.48. The van der Waals surface area contributed by atoms with Crippen LogP contribution in [-0.4, -0.2) is 31.4 Å². The molecule has 3 aromatic carbocycles. The molecule has 0 N–H and O–H groups in total. The normalized spacial score (nSPS) is 15.1. The highest BCUT2D eigenvalue weighted by Crippen LogP contribution is 2.45. The van der Waals surface area contributed by atoms with Crippen LogP contribution in [0.25, 0.3) is 0 Å². The molecule has 0 bridgehead atoms. The van der Waals surface area contributed by atoms with Crippen molar-refractivity contribution in [2.24, 2.45) is 0 Å². The number of fused-ring (bicyclic) bond motifs is 1. The number of carbonyl (C=O) groups excluding carboxylic acids is 1. The average molecular weight is 520 g/mol. The number of benzene rings is 3. The molecule has 4 rings (SSSR count). The fraction of sp³-hybridized carbons (Fsp3) is 0.240. The molecular formula is C25H23Cl2NO5S. The van der Waals surface area contributed by atoms with Gasteiger partial charge in [-0.1, -0.05) is 83.9 Å². The Morgan fingerprint density at radius 1 is 1.00 bits per heavy atom. The molecule has 1 aliphatic rings. The number of sulfonamides is 1. The van der Waals surface area contributed by atoms with E-state index in [9.17, 15) is 13.2 Å². The minimum atomic E-state index is -4.07. The molecule has 1 heterocycles. The van der Waals surface area contributed by atoms with E-state index in [-0.39, 0.29) is 46.8 Å². The third kappa shape index (κ3) is 5.08. The molecule has 0 aromatic heterocycles. The Hall–Kier alpha value is -2.58. The van der Waals surface area contributed by atoms with E-state index in [1.165, 1.54) is 10.4 Å². The van der Waals surface area contributed by atoms with Crippen LogP contribution in [0.4, 0.5) is 0 Å². The SMILES string of the molecule is CCOC(=O)C1Cc2cc(S(=O)(=O)N(Cc3ccccc3)Cc3ccccc3)c(Cl)c(Cl)c2O1. The second-order valence-electron chi connectivity index (χ2n) is 7.80. The molecule has 6 nitrogen and oxygen atoms in total. The second kappa shape index (κ2) is 10.4. The molecule has 1 aliphatic heterocycles. The van der Waals surface area contributed by atoms with Crippen LogP contribution in [0.15, 0.2) is 71.6 Å². The molecule has 3 aromatic rings. The molecule has 0 saturated heterocycles. The van der Waals surface area contributed by atoms with Gasteiger partial charge in [0.15, 0.2) is 6.10 Å². The van der Waals surface area contributed by atoms with Crippen molar-refractivity contribution in [3.63, 3.8) is 0 Å². The molecule has 0 aliphatic carbocycles. The molecule has 0 fully saturated rings. The van der Waals surface area contributed by atoms with Gasteiger partial charge in [-0.25, -0.2) is 13.2 Å². The van der Waals surface area contributed by atoms with Gasteiger partial charge in [-0.15, -0.1) is 0 Å². The van der Waals surface area contributed by atoms with Gasteiger partial charge >= 0.3 is 5.97 Å². The van der Waals surface area contributed by atoms with Crippen molar-refractivity contribution in [1.82, 2.24) is 4.31 Å². The van der Waals surface area contributed by atoms with Gasteiger partial charge in [0.25, 0.3) is 0 Å². The summed E-state index contributed by atoms with van der Waals surface area (Å²) in [6.45, 7) is 2.19. The lowest BCUT2D eigenvalue weighted by Crippen LogP contribution is -2.30. The molecule has 178 valence electrons. The first-order chi connectivity index (χ1) is 16.3. The van der Waals surface area contributed by atoms with Crippen LogP contribution in [0.2, 0.25) is 10.0 Å². The molecule has 34 heavy (non-hydrogen) atoms. The van der Waals surface area contributed by atoms with E-state index < -0.39 is 22.1 Å². The summed E-state index contributed by atoms with van der Waals surface area (Å²) in [4.78, 5) is 12.0. The minimum Gasteiger partial charge on any atom is -0.476 e. The summed E-state index contributed by atoms with van der Waals surface area (Å²) in [6.07, 6.45) is -0.753. The van der Waals surface area contributed by atoms with Crippen molar-refractivity contribution in [3.8, 4) is 5.75 Å². The molecular weight excluding hydrogens is 497 g/mol. The fourth-order valence-corrected chi connectivity index (χ4v) is 6.08. The lowest BCUT2D eigenvalue weighted by atomic mass is 10.1. The van der Waals surface area contributed by atoms with Gasteiger partial charge in [0, 0.05) is 25.1 Å². The maximum atomic E-state index is 13.9. The van der Waals surface area contributed by atoms with Crippen molar-refractivity contribution >= 4 is 39.2 Å². The number of carbonyl (C=O) groups is 1. The summed E-state index contributed by atoms with van der Waals surface area (Å²) < 4.78 is 39.8. The summed E-state index contributed by atoms with van der Waals surface area (Å²) in [5.74, 6) is -0.327. The summed E-state index contributed by atoms with van der Waals surface area (Å²) in [5.41, 5.74) is 2.15. The monoisotopic (exact) mass is 519 g/mol. The topological polar surface area (TPSA) is 72.9 Å². The zero-order valence-corrected chi connectivity index (χ0v) is 20.7. The van der Waals surface area contributed by atoms with Gasteiger partial charge in [-0.2, -0.15) is 4.31 Å². The van der Waals surface area contributed by atoms with E-state index in [0.717, 1.165) is 11.1 Å². The number of nitrogens with zero attached hydrogens (tertiary/aromatic N) is 1. The summed E-state index contributed by atoms with van der Waals surface area (Å²) in [5, 5.41) is -0.181. The molecule has 0 spiro atoms. The van der Waals surface area contributed by atoms with Crippen molar-refractivity contribution in [2.75, 3.05) is 6.61 Å². The van der Waals surface area contributed by atoms with Crippen molar-refractivity contribution in [3.05, 3.63) is 93.5 Å². The Morgan fingerprint density at radius 3 is 2.09 bits per heavy atom. The Labute approximate surface area is 209 Å². The Balaban J connectivity index is 1.73. The van der Waals surface area contributed by atoms with Gasteiger partial charge in [-0.05, 0) is 24.1 Å². The average Bonchev–Trinajstić information content (AvgIpc) is 3.27. The highest BCUT2D eigenvalue weighted by molar-refractivity contribution is 7.89. The third-order valence-electron chi connectivity index (χ3n) is 5.44. The van der Waals surface area contributed by atoms with E-state index in [4.69, 9.17) is 32.7 Å². The highest BCUT2D eigenvalue weighted by Gasteiger charge is 2.37. The van der Waals surface area contributed by atoms with Gasteiger partial charge in [-0.3, -0.25) is 0 Å². The number of rotatable bonds is 8. The molecule has 1 unspecified atom stereocenters. The molecule has 0 radical (unpaired) electrons. The third-order valence-corrected chi connectivity index (χ3v) is 8.22. The summed E-state index contributed by atoms with van der Waals surface area (Å²) >= 11 is 12.9. The zero-order chi connectivity index (χ0) is 24.3. The quantitative estimate of drug-likeness (QED) is 0.380.